The third kappa shape index (κ3) is 4.35. The lowest BCUT2D eigenvalue weighted by atomic mass is 10.1. The second kappa shape index (κ2) is 6.82. The van der Waals surface area contributed by atoms with Gasteiger partial charge in [-0.15, -0.1) is 0 Å². The predicted molar refractivity (Wildman–Crippen MR) is 91.4 cm³/mol. The number of nitrogens with zero attached hydrogens (tertiary/aromatic N) is 3. The van der Waals surface area contributed by atoms with Crippen LogP contribution in [0.1, 0.15) is 45.0 Å². The number of halogens is 1. The Labute approximate surface area is 146 Å². The molecule has 1 N–H and O–H groups in total. The summed E-state index contributed by atoms with van der Waals surface area (Å²) in [5.74, 6) is 0.934. The van der Waals surface area contributed by atoms with E-state index in [4.69, 9.17) is 4.74 Å². The first-order valence-electron chi connectivity index (χ1n) is 8.51. The van der Waals surface area contributed by atoms with Crippen LogP contribution in [0.3, 0.4) is 0 Å². The van der Waals surface area contributed by atoms with E-state index >= 15 is 0 Å². The number of rotatable bonds is 3. The van der Waals surface area contributed by atoms with Crippen molar-refractivity contribution in [1.29, 1.82) is 0 Å². The van der Waals surface area contributed by atoms with Crippen LogP contribution >= 0.6 is 0 Å². The van der Waals surface area contributed by atoms with Crippen molar-refractivity contribution in [2.24, 2.45) is 0 Å². The Kier molecular flexibility index (Phi) is 4.74. The minimum absolute atomic E-state index is 0.194. The molecule has 134 valence electrons. The number of benzene rings is 1. The van der Waals surface area contributed by atoms with Crippen LogP contribution in [-0.2, 0) is 24.2 Å². The van der Waals surface area contributed by atoms with Crippen molar-refractivity contribution in [1.82, 2.24) is 20.1 Å². The molecule has 2 heterocycles. The predicted octanol–water partition coefficient (Wildman–Crippen LogP) is 3.45. The summed E-state index contributed by atoms with van der Waals surface area (Å²) in [4.78, 5) is 16.1. The first-order chi connectivity index (χ1) is 11.8. The van der Waals surface area contributed by atoms with E-state index in [1.54, 1.807) is 32.9 Å². The Morgan fingerprint density at radius 1 is 1.36 bits per heavy atom. The molecule has 1 amide bonds. The van der Waals surface area contributed by atoms with Crippen molar-refractivity contribution in [2.45, 2.75) is 58.7 Å². The lowest BCUT2D eigenvalue weighted by Crippen LogP contribution is -2.32. The highest BCUT2D eigenvalue weighted by Gasteiger charge is 2.18. The molecule has 0 saturated carbocycles. The molecular formula is C18H23FN4O2. The van der Waals surface area contributed by atoms with Crippen molar-refractivity contribution in [3.63, 3.8) is 0 Å². The SMILES string of the molecule is CC(C)(C)OC(=O)NCc1ccc(-c2nc3n(n2)CCCC3)c(F)c1. The summed E-state index contributed by atoms with van der Waals surface area (Å²) >= 11 is 0. The molecule has 3 rings (SSSR count). The molecule has 0 aliphatic carbocycles. The Balaban J connectivity index is 1.69. The molecule has 25 heavy (non-hydrogen) atoms. The highest BCUT2D eigenvalue weighted by atomic mass is 19.1. The fraction of sp³-hybridized carbons (Fsp3) is 0.500. The number of ether oxygens (including phenoxy) is 1. The number of aromatic nitrogens is 3. The molecule has 1 aliphatic rings. The fourth-order valence-electron chi connectivity index (χ4n) is 2.74. The Morgan fingerprint density at radius 3 is 2.84 bits per heavy atom. The molecule has 1 aliphatic heterocycles. The lowest BCUT2D eigenvalue weighted by molar-refractivity contribution is 0.0523. The summed E-state index contributed by atoms with van der Waals surface area (Å²) in [5.41, 5.74) is 0.462. The van der Waals surface area contributed by atoms with E-state index in [1.807, 2.05) is 4.68 Å². The minimum Gasteiger partial charge on any atom is -0.444 e. The summed E-state index contributed by atoms with van der Waals surface area (Å²) in [5, 5.41) is 7.02. The van der Waals surface area contributed by atoms with Gasteiger partial charge in [-0.2, -0.15) is 5.10 Å². The second-order valence-corrected chi connectivity index (χ2v) is 7.20. The van der Waals surface area contributed by atoms with E-state index in [2.05, 4.69) is 15.4 Å². The van der Waals surface area contributed by atoms with Gasteiger partial charge in [-0.3, -0.25) is 0 Å². The van der Waals surface area contributed by atoms with Crippen LogP contribution in [0.5, 0.6) is 0 Å². The first kappa shape index (κ1) is 17.4. The van der Waals surface area contributed by atoms with Gasteiger partial charge in [0.1, 0.15) is 17.2 Å². The quantitative estimate of drug-likeness (QED) is 0.924. The number of carbonyl (C=O) groups excluding carboxylic acids is 1. The number of amides is 1. The maximum absolute atomic E-state index is 14.5. The van der Waals surface area contributed by atoms with Gasteiger partial charge in [0.25, 0.3) is 0 Å². The van der Waals surface area contributed by atoms with E-state index in [0.717, 1.165) is 31.6 Å². The monoisotopic (exact) mass is 346 g/mol. The molecule has 0 radical (unpaired) electrons. The first-order valence-corrected chi connectivity index (χ1v) is 8.51. The van der Waals surface area contributed by atoms with Gasteiger partial charge < -0.3 is 10.1 Å². The van der Waals surface area contributed by atoms with Crippen LogP contribution in [0.4, 0.5) is 9.18 Å². The van der Waals surface area contributed by atoms with E-state index in [9.17, 15) is 9.18 Å². The smallest absolute Gasteiger partial charge is 0.407 e. The normalized spacial score (nSPS) is 14.1. The largest absolute Gasteiger partial charge is 0.444 e. The zero-order chi connectivity index (χ0) is 18.0. The maximum atomic E-state index is 14.5. The van der Waals surface area contributed by atoms with Crippen molar-refractivity contribution < 1.29 is 13.9 Å². The topological polar surface area (TPSA) is 69.0 Å². The molecular weight excluding hydrogens is 323 g/mol. The molecule has 0 atom stereocenters. The molecule has 0 spiro atoms. The van der Waals surface area contributed by atoms with Crippen LogP contribution in [0.2, 0.25) is 0 Å². The van der Waals surface area contributed by atoms with Crippen LogP contribution in [-0.4, -0.2) is 26.5 Å². The number of nitrogens with one attached hydrogen (secondary N) is 1. The molecule has 0 fully saturated rings. The van der Waals surface area contributed by atoms with E-state index in [0.29, 0.717) is 17.0 Å². The number of hydrogen-bond acceptors (Lipinski definition) is 4. The average molecular weight is 346 g/mol. The Morgan fingerprint density at radius 2 is 2.16 bits per heavy atom. The number of fused-ring (bicyclic) bond motifs is 1. The molecule has 6 nitrogen and oxygen atoms in total. The zero-order valence-electron chi connectivity index (χ0n) is 14.8. The summed E-state index contributed by atoms with van der Waals surface area (Å²) < 4.78 is 21.5. The molecule has 1 aromatic carbocycles. The number of carbonyl (C=O) groups is 1. The van der Waals surface area contributed by atoms with Crippen LogP contribution in [0.25, 0.3) is 11.4 Å². The van der Waals surface area contributed by atoms with Gasteiger partial charge in [-0.25, -0.2) is 18.9 Å². The van der Waals surface area contributed by atoms with Crippen molar-refractivity contribution in [3.05, 3.63) is 35.4 Å². The third-order valence-electron chi connectivity index (χ3n) is 3.88. The van der Waals surface area contributed by atoms with Gasteiger partial charge in [0.15, 0.2) is 5.82 Å². The van der Waals surface area contributed by atoms with Crippen LogP contribution in [0, 0.1) is 5.82 Å². The van der Waals surface area contributed by atoms with Gasteiger partial charge >= 0.3 is 6.09 Å². The molecule has 7 heteroatoms. The summed E-state index contributed by atoms with van der Waals surface area (Å²) in [6.45, 7) is 6.40. The van der Waals surface area contributed by atoms with Gasteiger partial charge in [0.2, 0.25) is 0 Å². The third-order valence-corrected chi connectivity index (χ3v) is 3.88. The van der Waals surface area contributed by atoms with E-state index < -0.39 is 17.5 Å². The van der Waals surface area contributed by atoms with E-state index in [-0.39, 0.29) is 6.54 Å². The summed E-state index contributed by atoms with van der Waals surface area (Å²) in [6, 6.07) is 4.81. The zero-order valence-corrected chi connectivity index (χ0v) is 14.8. The number of alkyl carbamates (subject to hydrolysis) is 1. The highest BCUT2D eigenvalue weighted by molar-refractivity contribution is 5.67. The fourth-order valence-corrected chi connectivity index (χ4v) is 2.74. The summed E-state index contributed by atoms with van der Waals surface area (Å²) in [6.07, 6.45) is 2.52. The number of aryl methyl sites for hydroxylation is 2. The molecule has 2 aromatic rings. The Hall–Kier alpha value is -2.44. The van der Waals surface area contributed by atoms with E-state index in [1.165, 1.54) is 6.07 Å². The molecule has 1 aromatic heterocycles. The summed E-state index contributed by atoms with van der Waals surface area (Å²) in [7, 11) is 0. The van der Waals surface area contributed by atoms with Crippen molar-refractivity contribution in [2.75, 3.05) is 0 Å². The minimum atomic E-state index is -0.564. The second-order valence-electron chi connectivity index (χ2n) is 7.20. The van der Waals surface area contributed by atoms with Gasteiger partial charge in [0, 0.05) is 19.5 Å². The van der Waals surface area contributed by atoms with Gasteiger partial charge in [0.05, 0.1) is 5.56 Å². The number of hydrogen-bond donors (Lipinski definition) is 1. The standard InChI is InChI=1S/C18H23FN4O2/c1-18(2,3)25-17(24)20-11-12-7-8-13(14(19)10-12)16-21-15-6-4-5-9-23(15)22-16/h7-8,10H,4-6,9,11H2,1-3H3,(H,20,24). The molecule has 0 bridgehead atoms. The van der Waals surface area contributed by atoms with Gasteiger partial charge in [-0.1, -0.05) is 6.07 Å². The maximum Gasteiger partial charge on any atom is 0.407 e. The molecule has 0 unspecified atom stereocenters. The van der Waals surface area contributed by atoms with Crippen molar-refractivity contribution in [3.8, 4) is 11.4 Å². The van der Waals surface area contributed by atoms with Gasteiger partial charge in [-0.05, 0) is 51.3 Å². The highest BCUT2D eigenvalue weighted by Crippen LogP contribution is 2.23. The van der Waals surface area contributed by atoms with Crippen LogP contribution < -0.4 is 5.32 Å². The lowest BCUT2D eigenvalue weighted by Gasteiger charge is -2.19. The van der Waals surface area contributed by atoms with Crippen molar-refractivity contribution >= 4 is 6.09 Å². The Bertz CT molecular complexity index is 756. The van der Waals surface area contributed by atoms with Crippen LogP contribution in [0.15, 0.2) is 18.2 Å². The average Bonchev–Trinajstić information content (AvgIpc) is 2.95. The molecule has 0 saturated heterocycles.